The van der Waals surface area contributed by atoms with Crippen molar-refractivity contribution in [3.8, 4) is 0 Å². The van der Waals surface area contributed by atoms with Crippen molar-refractivity contribution in [3.63, 3.8) is 0 Å². The summed E-state index contributed by atoms with van der Waals surface area (Å²) in [4.78, 5) is 19.2. The van der Waals surface area contributed by atoms with Gasteiger partial charge in [0.25, 0.3) is 0 Å². The molecular formula is C19H28N6O. The number of rotatable bonds is 6. The molecule has 7 nitrogen and oxygen atoms in total. The van der Waals surface area contributed by atoms with Gasteiger partial charge < -0.3 is 9.88 Å². The van der Waals surface area contributed by atoms with Crippen LogP contribution in [0.15, 0.2) is 18.6 Å². The first-order chi connectivity index (χ1) is 12.5. The topological polar surface area (TPSA) is 68.0 Å². The van der Waals surface area contributed by atoms with Gasteiger partial charge >= 0.3 is 0 Å². The van der Waals surface area contributed by atoms with Crippen LogP contribution in [-0.4, -0.2) is 42.7 Å². The van der Waals surface area contributed by atoms with Crippen molar-refractivity contribution in [2.24, 2.45) is 0 Å². The Kier molecular flexibility index (Phi) is 4.56. The Labute approximate surface area is 154 Å². The Morgan fingerprint density at radius 1 is 1.31 bits per heavy atom. The SMILES string of the molecule is CC1c2nc(CC(=O)NC3CC3)cn2CCN1Cc1cnn(C(C)C)c1. The van der Waals surface area contributed by atoms with E-state index in [9.17, 15) is 4.79 Å². The van der Waals surface area contributed by atoms with Crippen LogP contribution in [0.1, 0.15) is 62.8 Å². The summed E-state index contributed by atoms with van der Waals surface area (Å²) in [5.74, 6) is 1.15. The molecule has 1 unspecified atom stereocenters. The summed E-state index contributed by atoms with van der Waals surface area (Å²) >= 11 is 0. The van der Waals surface area contributed by atoms with Crippen molar-refractivity contribution < 1.29 is 4.79 Å². The van der Waals surface area contributed by atoms with Gasteiger partial charge in [-0.25, -0.2) is 4.98 Å². The minimum absolute atomic E-state index is 0.0913. The van der Waals surface area contributed by atoms with Crippen LogP contribution < -0.4 is 5.32 Å². The Morgan fingerprint density at radius 2 is 2.12 bits per heavy atom. The summed E-state index contributed by atoms with van der Waals surface area (Å²) in [5.41, 5.74) is 2.11. The number of nitrogens with zero attached hydrogens (tertiary/aromatic N) is 5. The maximum absolute atomic E-state index is 12.0. The number of imidazole rings is 1. The Bertz CT molecular complexity index is 788. The van der Waals surface area contributed by atoms with Gasteiger partial charge in [-0.3, -0.25) is 14.4 Å². The Morgan fingerprint density at radius 3 is 2.81 bits per heavy atom. The lowest BCUT2D eigenvalue weighted by molar-refractivity contribution is -0.120. The van der Waals surface area contributed by atoms with Gasteiger partial charge in [-0.2, -0.15) is 5.10 Å². The average molecular weight is 356 g/mol. The summed E-state index contributed by atoms with van der Waals surface area (Å²) < 4.78 is 4.21. The molecule has 1 atom stereocenters. The molecule has 1 saturated carbocycles. The highest BCUT2D eigenvalue weighted by molar-refractivity contribution is 5.78. The normalized spacial score (nSPS) is 20.4. The van der Waals surface area contributed by atoms with E-state index in [1.807, 2.05) is 17.1 Å². The molecule has 0 radical (unpaired) electrons. The smallest absolute Gasteiger partial charge is 0.226 e. The quantitative estimate of drug-likeness (QED) is 0.860. The summed E-state index contributed by atoms with van der Waals surface area (Å²) in [6.07, 6.45) is 8.75. The van der Waals surface area contributed by atoms with Gasteiger partial charge in [-0.15, -0.1) is 0 Å². The van der Waals surface area contributed by atoms with Gasteiger partial charge in [-0.1, -0.05) is 0 Å². The number of amides is 1. The van der Waals surface area contributed by atoms with E-state index in [4.69, 9.17) is 4.98 Å². The highest BCUT2D eigenvalue weighted by Crippen LogP contribution is 2.26. The molecule has 1 N–H and O–H groups in total. The number of hydrogen-bond donors (Lipinski definition) is 1. The number of fused-ring (bicyclic) bond motifs is 1. The fourth-order valence-corrected chi connectivity index (χ4v) is 3.54. The molecule has 0 aromatic carbocycles. The third-order valence-electron chi connectivity index (χ3n) is 5.26. The van der Waals surface area contributed by atoms with Crippen molar-refractivity contribution in [1.29, 1.82) is 0 Å². The highest BCUT2D eigenvalue weighted by Gasteiger charge is 2.28. The summed E-state index contributed by atoms with van der Waals surface area (Å²) in [6.45, 7) is 9.23. The Hall–Kier alpha value is -2.15. The van der Waals surface area contributed by atoms with Gasteiger partial charge in [0.2, 0.25) is 5.91 Å². The molecule has 3 heterocycles. The van der Waals surface area contributed by atoms with E-state index >= 15 is 0 Å². The molecule has 0 bridgehead atoms. The van der Waals surface area contributed by atoms with Gasteiger partial charge in [0.1, 0.15) is 5.82 Å². The monoisotopic (exact) mass is 356 g/mol. The molecule has 1 amide bonds. The summed E-state index contributed by atoms with van der Waals surface area (Å²) in [5, 5.41) is 7.48. The first kappa shape index (κ1) is 17.3. The van der Waals surface area contributed by atoms with E-state index < -0.39 is 0 Å². The standard InChI is InChI=1S/C19H28N6O/c1-13(2)25-11-15(9-20-25)10-23-6-7-24-12-17(22-19(24)14(23)3)8-18(26)21-16-4-5-16/h9,11-14,16H,4-8,10H2,1-3H3,(H,21,26). The van der Waals surface area contributed by atoms with Crippen LogP contribution in [0.25, 0.3) is 0 Å². The molecule has 2 aromatic heterocycles. The first-order valence-electron chi connectivity index (χ1n) is 9.62. The molecule has 4 rings (SSSR count). The molecule has 7 heteroatoms. The van der Waals surface area contributed by atoms with E-state index in [2.05, 4.69) is 46.9 Å². The van der Waals surface area contributed by atoms with E-state index in [-0.39, 0.29) is 11.9 Å². The van der Waals surface area contributed by atoms with Crippen molar-refractivity contribution in [1.82, 2.24) is 29.5 Å². The van der Waals surface area contributed by atoms with Crippen LogP contribution in [0.3, 0.4) is 0 Å². The average Bonchev–Trinajstić information content (AvgIpc) is 3.11. The third kappa shape index (κ3) is 3.67. The van der Waals surface area contributed by atoms with Crippen LogP contribution >= 0.6 is 0 Å². The minimum atomic E-state index is 0.0913. The second-order valence-corrected chi connectivity index (χ2v) is 7.87. The first-order valence-corrected chi connectivity index (χ1v) is 9.62. The largest absolute Gasteiger partial charge is 0.353 e. The molecule has 2 aromatic rings. The maximum Gasteiger partial charge on any atom is 0.226 e. The molecule has 1 aliphatic carbocycles. The van der Waals surface area contributed by atoms with Crippen molar-refractivity contribution in [2.45, 2.75) is 71.2 Å². The third-order valence-corrected chi connectivity index (χ3v) is 5.26. The molecule has 1 fully saturated rings. The number of hydrogen-bond acceptors (Lipinski definition) is 4. The highest BCUT2D eigenvalue weighted by atomic mass is 16.1. The second-order valence-electron chi connectivity index (χ2n) is 7.87. The van der Waals surface area contributed by atoms with E-state index in [1.165, 1.54) is 5.56 Å². The molecular weight excluding hydrogens is 328 g/mol. The van der Waals surface area contributed by atoms with Crippen molar-refractivity contribution >= 4 is 5.91 Å². The van der Waals surface area contributed by atoms with Gasteiger partial charge in [0, 0.05) is 49.7 Å². The van der Waals surface area contributed by atoms with Crippen LogP contribution in [0, 0.1) is 0 Å². The maximum atomic E-state index is 12.0. The molecule has 0 spiro atoms. The number of carbonyl (C=O) groups is 1. The van der Waals surface area contributed by atoms with Crippen molar-refractivity contribution in [3.05, 3.63) is 35.7 Å². The zero-order chi connectivity index (χ0) is 18.3. The lowest BCUT2D eigenvalue weighted by atomic mass is 10.2. The molecule has 0 saturated heterocycles. The molecule has 26 heavy (non-hydrogen) atoms. The van der Waals surface area contributed by atoms with Crippen LogP contribution in [-0.2, 0) is 24.3 Å². The molecule has 140 valence electrons. The van der Waals surface area contributed by atoms with Gasteiger partial charge in [0.15, 0.2) is 0 Å². The minimum Gasteiger partial charge on any atom is -0.353 e. The fourth-order valence-electron chi connectivity index (χ4n) is 3.54. The van der Waals surface area contributed by atoms with E-state index in [1.54, 1.807) is 0 Å². The zero-order valence-corrected chi connectivity index (χ0v) is 15.9. The van der Waals surface area contributed by atoms with E-state index in [0.717, 1.165) is 44.0 Å². The number of nitrogens with one attached hydrogen (secondary N) is 1. The van der Waals surface area contributed by atoms with Crippen LogP contribution in [0.5, 0.6) is 0 Å². The molecule has 1 aliphatic heterocycles. The second kappa shape index (κ2) is 6.87. The van der Waals surface area contributed by atoms with Crippen LogP contribution in [0.4, 0.5) is 0 Å². The number of carbonyl (C=O) groups excluding carboxylic acids is 1. The fraction of sp³-hybridized carbons (Fsp3) is 0.632. The predicted octanol–water partition coefficient (Wildman–Crippen LogP) is 2.06. The molecule has 2 aliphatic rings. The zero-order valence-electron chi connectivity index (χ0n) is 15.9. The lowest BCUT2D eigenvalue weighted by Crippen LogP contribution is -2.36. The predicted molar refractivity (Wildman–Crippen MR) is 98.5 cm³/mol. The lowest BCUT2D eigenvalue weighted by Gasteiger charge is -2.33. The van der Waals surface area contributed by atoms with E-state index in [0.29, 0.717) is 18.5 Å². The summed E-state index contributed by atoms with van der Waals surface area (Å²) in [6, 6.07) is 1.01. The van der Waals surface area contributed by atoms with Gasteiger partial charge in [-0.05, 0) is 33.6 Å². The van der Waals surface area contributed by atoms with Crippen LogP contribution in [0.2, 0.25) is 0 Å². The van der Waals surface area contributed by atoms with Crippen molar-refractivity contribution in [2.75, 3.05) is 6.54 Å². The Balaban J connectivity index is 1.42. The van der Waals surface area contributed by atoms with Gasteiger partial charge in [0.05, 0.1) is 24.4 Å². The number of aromatic nitrogens is 4. The summed E-state index contributed by atoms with van der Waals surface area (Å²) in [7, 11) is 0.